The molecule has 3 heterocycles. The molecule has 0 saturated carbocycles. The van der Waals surface area contributed by atoms with Crippen molar-refractivity contribution in [3.63, 3.8) is 0 Å². The number of imidazole rings is 2. The fourth-order valence-electron chi connectivity index (χ4n) is 2.73. The van der Waals surface area contributed by atoms with Crippen LogP contribution >= 0.6 is 11.8 Å². The normalized spacial score (nSPS) is 11.2. The van der Waals surface area contributed by atoms with Gasteiger partial charge in [0.25, 0.3) is 0 Å². The Morgan fingerprint density at radius 2 is 2.19 bits per heavy atom. The van der Waals surface area contributed by atoms with E-state index in [4.69, 9.17) is 4.74 Å². The van der Waals surface area contributed by atoms with Crippen LogP contribution in [-0.4, -0.2) is 31.6 Å². The Morgan fingerprint density at radius 1 is 1.31 bits per heavy atom. The van der Waals surface area contributed by atoms with Crippen LogP contribution < -0.4 is 4.74 Å². The summed E-state index contributed by atoms with van der Waals surface area (Å²) < 4.78 is 21.3. The van der Waals surface area contributed by atoms with Crippen molar-refractivity contribution in [2.24, 2.45) is 0 Å². The number of fused-ring (bicyclic) bond motifs is 1. The predicted molar refractivity (Wildman–Crippen MR) is 98.3 cm³/mol. The van der Waals surface area contributed by atoms with E-state index in [1.54, 1.807) is 42.7 Å². The van der Waals surface area contributed by atoms with E-state index in [1.807, 2.05) is 13.0 Å². The average molecular weight is 369 g/mol. The third kappa shape index (κ3) is 3.03. The zero-order valence-electron chi connectivity index (χ0n) is 14.2. The molecular formula is C18H16FN5OS. The summed E-state index contributed by atoms with van der Waals surface area (Å²) in [6.45, 7) is 1.98. The molecule has 0 atom stereocenters. The van der Waals surface area contributed by atoms with Gasteiger partial charge >= 0.3 is 0 Å². The van der Waals surface area contributed by atoms with Crippen LogP contribution in [0.4, 0.5) is 4.39 Å². The van der Waals surface area contributed by atoms with Crippen molar-refractivity contribution in [2.75, 3.05) is 7.11 Å². The van der Waals surface area contributed by atoms with Crippen LogP contribution in [0.3, 0.4) is 0 Å². The highest BCUT2D eigenvalue weighted by molar-refractivity contribution is 7.98. The van der Waals surface area contributed by atoms with Crippen molar-refractivity contribution in [3.8, 4) is 11.4 Å². The molecule has 4 aromatic rings. The van der Waals surface area contributed by atoms with Gasteiger partial charge in [-0.05, 0) is 19.1 Å². The van der Waals surface area contributed by atoms with Crippen LogP contribution in [0.25, 0.3) is 16.7 Å². The SMILES string of the molecule is COc1ccnc(CSc2nc3cc(-n4ccnc4)c(F)cc3[nH]2)c1C. The van der Waals surface area contributed by atoms with Gasteiger partial charge in [-0.1, -0.05) is 11.8 Å². The summed E-state index contributed by atoms with van der Waals surface area (Å²) in [5.74, 6) is 1.12. The fourth-order valence-corrected chi connectivity index (χ4v) is 3.64. The maximum absolute atomic E-state index is 14.4. The molecular weight excluding hydrogens is 353 g/mol. The Balaban J connectivity index is 1.60. The second kappa shape index (κ2) is 6.80. The van der Waals surface area contributed by atoms with Crippen LogP contribution in [-0.2, 0) is 5.75 Å². The first kappa shape index (κ1) is 16.6. The van der Waals surface area contributed by atoms with Crippen molar-refractivity contribution in [1.82, 2.24) is 24.5 Å². The number of aromatic nitrogens is 5. The highest BCUT2D eigenvalue weighted by Crippen LogP contribution is 2.28. The summed E-state index contributed by atoms with van der Waals surface area (Å²) in [5, 5.41) is 0.714. The molecule has 0 amide bonds. The number of H-pyrrole nitrogens is 1. The van der Waals surface area contributed by atoms with Crippen molar-refractivity contribution < 1.29 is 9.13 Å². The third-order valence-electron chi connectivity index (χ3n) is 4.14. The van der Waals surface area contributed by atoms with Crippen molar-refractivity contribution >= 4 is 22.8 Å². The molecule has 0 aliphatic carbocycles. The molecule has 6 nitrogen and oxygen atoms in total. The lowest BCUT2D eigenvalue weighted by atomic mass is 10.2. The van der Waals surface area contributed by atoms with E-state index in [-0.39, 0.29) is 5.82 Å². The Hall–Kier alpha value is -2.87. The molecule has 132 valence electrons. The molecule has 0 radical (unpaired) electrons. The Morgan fingerprint density at radius 3 is 2.96 bits per heavy atom. The lowest BCUT2D eigenvalue weighted by molar-refractivity contribution is 0.410. The number of aromatic amines is 1. The van der Waals surface area contributed by atoms with Crippen LogP contribution in [0.1, 0.15) is 11.3 Å². The van der Waals surface area contributed by atoms with Gasteiger partial charge in [0, 0.05) is 36.0 Å². The Kier molecular flexibility index (Phi) is 4.34. The number of hydrogen-bond acceptors (Lipinski definition) is 5. The Labute approximate surface area is 153 Å². The highest BCUT2D eigenvalue weighted by Gasteiger charge is 2.12. The van der Waals surface area contributed by atoms with Gasteiger partial charge in [-0.15, -0.1) is 0 Å². The maximum Gasteiger partial charge on any atom is 0.166 e. The van der Waals surface area contributed by atoms with Gasteiger partial charge < -0.3 is 14.3 Å². The smallest absolute Gasteiger partial charge is 0.166 e. The Bertz CT molecular complexity index is 1060. The minimum Gasteiger partial charge on any atom is -0.496 e. The van der Waals surface area contributed by atoms with Gasteiger partial charge in [-0.2, -0.15) is 0 Å². The molecule has 26 heavy (non-hydrogen) atoms. The molecule has 0 unspecified atom stereocenters. The summed E-state index contributed by atoms with van der Waals surface area (Å²) in [7, 11) is 1.64. The third-order valence-corrected chi connectivity index (χ3v) is 5.02. The maximum atomic E-state index is 14.4. The number of methoxy groups -OCH3 is 1. The summed E-state index contributed by atoms with van der Waals surface area (Å²) in [6, 6.07) is 5.00. The van der Waals surface area contributed by atoms with Gasteiger partial charge in [-0.25, -0.2) is 14.4 Å². The van der Waals surface area contributed by atoms with Crippen molar-refractivity contribution in [1.29, 1.82) is 0 Å². The number of nitrogens with zero attached hydrogens (tertiary/aromatic N) is 4. The number of hydrogen-bond donors (Lipinski definition) is 1. The average Bonchev–Trinajstić information content (AvgIpc) is 3.29. The summed E-state index contributed by atoms with van der Waals surface area (Å²) in [5.41, 5.74) is 3.72. The van der Waals surface area contributed by atoms with E-state index in [0.29, 0.717) is 27.6 Å². The summed E-state index contributed by atoms with van der Waals surface area (Å²) >= 11 is 1.52. The molecule has 8 heteroatoms. The first-order valence-corrected chi connectivity index (χ1v) is 8.93. The minimum atomic E-state index is -0.332. The standard InChI is InChI=1S/C18H16FN5OS/c1-11-15(21-4-3-17(11)25-2)9-26-18-22-13-7-12(19)16(8-14(13)23-18)24-6-5-20-10-24/h3-8,10H,9H2,1-2H3,(H,22,23). The lowest BCUT2D eigenvalue weighted by Crippen LogP contribution is -1.95. The molecule has 0 bridgehead atoms. The molecule has 0 spiro atoms. The van der Waals surface area contributed by atoms with E-state index in [0.717, 1.165) is 17.0 Å². The molecule has 0 saturated heterocycles. The first-order chi connectivity index (χ1) is 12.7. The second-order valence-corrected chi connectivity index (χ2v) is 6.67. The molecule has 1 aromatic carbocycles. The van der Waals surface area contributed by atoms with Crippen LogP contribution in [0.2, 0.25) is 0 Å². The van der Waals surface area contributed by atoms with Crippen molar-refractivity contribution in [3.05, 3.63) is 60.2 Å². The molecule has 0 fully saturated rings. The zero-order valence-corrected chi connectivity index (χ0v) is 15.0. The van der Waals surface area contributed by atoms with Gasteiger partial charge in [-0.3, -0.25) is 4.98 Å². The number of benzene rings is 1. The largest absolute Gasteiger partial charge is 0.496 e. The summed E-state index contributed by atoms with van der Waals surface area (Å²) in [6.07, 6.45) is 6.60. The number of thioether (sulfide) groups is 1. The topological polar surface area (TPSA) is 68.6 Å². The number of rotatable bonds is 5. The monoisotopic (exact) mass is 369 g/mol. The van der Waals surface area contributed by atoms with E-state index < -0.39 is 0 Å². The van der Waals surface area contributed by atoms with Crippen molar-refractivity contribution in [2.45, 2.75) is 17.8 Å². The van der Waals surface area contributed by atoms with Gasteiger partial charge in [0.1, 0.15) is 11.6 Å². The molecule has 0 aliphatic heterocycles. The highest BCUT2D eigenvalue weighted by atomic mass is 32.2. The lowest BCUT2D eigenvalue weighted by Gasteiger charge is -2.08. The van der Waals surface area contributed by atoms with E-state index in [9.17, 15) is 4.39 Å². The van der Waals surface area contributed by atoms with Gasteiger partial charge in [0.05, 0.1) is 35.9 Å². The molecule has 1 N–H and O–H groups in total. The second-order valence-electron chi connectivity index (χ2n) is 5.71. The quantitative estimate of drug-likeness (QED) is 0.541. The van der Waals surface area contributed by atoms with Crippen LogP contribution in [0.15, 0.2) is 48.3 Å². The van der Waals surface area contributed by atoms with Crippen LogP contribution in [0.5, 0.6) is 5.75 Å². The van der Waals surface area contributed by atoms with Crippen LogP contribution in [0, 0.1) is 12.7 Å². The predicted octanol–water partition coefficient (Wildman–Crippen LogP) is 3.89. The minimum absolute atomic E-state index is 0.332. The number of nitrogens with one attached hydrogen (secondary N) is 1. The molecule has 4 rings (SSSR count). The van der Waals surface area contributed by atoms with E-state index in [1.165, 1.54) is 17.8 Å². The van der Waals surface area contributed by atoms with Gasteiger partial charge in [0.2, 0.25) is 0 Å². The van der Waals surface area contributed by atoms with Gasteiger partial charge in [0.15, 0.2) is 5.16 Å². The fraction of sp³-hybridized carbons (Fsp3) is 0.167. The first-order valence-electron chi connectivity index (χ1n) is 7.94. The number of pyridine rings is 1. The van der Waals surface area contributed by atoms with E-state index >= 15 is 0 Å². The van der Waals surface area contributed by atoms with E-state index in [2.05, 4.69) is 19.9 Å². The summed E-state index contributed by atoms with van der Waals surface area (Å²) in [4.78, 5) is 16.1. The number of halogens is 1. The number of ether oxygens (including phenoxy) is 1. The molecule has 3 aromatic heterocycles. The molecule has 0 aliphatic rings. The zero-order chi connectivity index (χ0) is 18.1.